The molecule has 9 nitrogen and oxygen atoms in total. The minimum absolute atomic E-state index is 0.00388. The zero-order valence-electron chi connectivity index (χ0n) is 23.5. The van der Waals surface area contributed by atoms with E-state index in [1.807, 2.05) is 18.2 Å². The molecule has 0 aliphatic carbocycles. The van der Waals surface area contributed by atoms with Crippen molar-refractivity contribution in [1.29, 1.82) is 0 Å². The Morgan fingerprint density at radius 2 is 1.56 bits per heavy atom. The van der Waals surface area contributed by atoms with E-state index in [-0.39, 0.29) is 18.5 Å². The number of carbonyl (C=O) groups excluding carboxylic acids is 1. The number of sulfonamides is 2. The van der Waals surface area contributed by atoms with Crippen LogP contribution in [-0.2, 0) is 42.4 Å². The van der Waals surface area contributed by atoms with Crippen molar-refractivity contribution in [3.05, 3.63) is 65.9 Å². The standard InChI is InChI=1S/C28H39NO8S2/c1-28(2,3)37-27(30)19-14-23-21-24(29(38(5,31)32)39(6,33)34)15-18-26(23)36-20-10-8-7-9-11-22-12-16-25(35-4)17-13-22/h10,12-13,15-18,20-21H,7-9,11,14,19H2,1-6H3. The Bertz CT molecular complexity index is 1310. The molecule has 0 radical (unpaired) electrons. The molecule has 0 unspecified atom stereocenters. The van der Waals surface area contributed by atoms with Crippen LogP contribution in [0, 0.1) is 0 Å². The molecular weight excluding hydrogens is 542 g/mol. The molecule has 2 rings (SSSR count). The van der Waals surface area contributed by atoms with Gasteiger partial charge in [0.25, 0.3) is 0 Å². The zero-order chi connectivity index (χ0) is 29.3. The van der Waals surface area contributed by atoms with Gasteiger partial charge in [0.15, 0.2) is 0 Å². The summed E-state index contributed by atoms with van der Waals surface area (Å²) in [6, 6.07) is 12.3. The van der Waals surface area contributed by atoms with E-state index >= 15 is 0 Å². The summed E-state index contributed by atoms with van der Waals surface area (Å²) in [5, 5.41) is 0. The topological polar surface area (TPSA) is 116 Å². The first-order chi connectivity index (χ1) is 18.1. The minimum Gasteiger partial charge on any atom is -0.497 e. The summed E-state index contributed by atoms with van der Waals surface area (Å²) in [4.78, 5) is 12.3. The molecule has 0 N–H and O–H groups in total. The van der Waals surface area contributed by atoms with Gasteiger partial charge in [-0.05, 0) is 100 Å². The van der Waals surface area contributed by atoms with Gasteiger partial charge < -0.3 is 14.2 Å². The molecule has 0 saturated carbocycles. The van der Waals surface area contributed by atoms with Crippen LogP contribution < -0.4 is 13.2 Å². The number of hydrogen-bond donors (Lipinski definition) is 0. The molecule has 216 valence electrons. The zero-order valence-corrected chi connectivity index (χ0v) is 25.1. The van der Waals surface area contributed by atoms with Crippen LogP contribution in [0.2, 0.25) is 0 Å². The first-order valence-corrected chi connectivity index (χ1v) is 16.3. The number of aryl methyl sites for hydroxylation is 2. The number of rotatable bonds is 14. The van der Waals surface area contributed by atoms with Crippen molar-refractivity contribution in [2.24, 2.45) is 0 Å². The van der Waals surface area contributed by atoms with Gasteiger partial charge in [-0.25, -0.2) is 16.8 Å². The number of esters is 1. The SMILES string of the molecule is COc1ccc(CCCCC=COc2ccc(N(S(C)(=O)=O)S(C)(=O)=O)cc2CCC(=O)OC(C)(C)C)cc1. The van der Waals surface area contributed by atoms with Crippen molar-refractivity contribution in [3.63, 3.8) is 0 Å². The number of allylic oxidation sites excluding steroid dienone is 1. The molecule has 0 aliphatic rings. The number of benzene rings is 2. The van der Waals surface area contributed by atoms with Crippen LogP contribution in [-0.4, -0.2) is 48.0 Å². The van der Waals surface area contributed by atoms with Gasteiger partial charge in [0.1, 0.15) is 17.1 Å². The van der Waals surface area contributed by atoms with Crippen LogP contribution in [0.4, 0.5) is 5.69 Å². The number of nitrogens with zero attached hydrogens (tertiary/aromatic N) is 1. The maximum absolute atomic E-state index is 12.3. The predicted octanol–water partition coefficient (Wildman–Crippen LogP) is 5.00. The Morgan fingerprint density at radius 3 is 2.13 bits per heavy atom. The van der Waals surface area contributed by atoms with E-state index in [0.29, 0.717) is 15.0 Å². The third-order valence-electron chi connectivity index (χ3n) is 5.41. The van der Waals surface area contributed by atoms with Gasteiger partial charge >= 0.3 is 5.97 Å². The molecule has 0 fully saturated rings. The number of methoxy groups -OCH3 is 1. The van der Waals surface area contributed by atoms with Crippen LogP contribution in [0.1, 0.15) is 57.6 Å². The molecule has 0 aromatic heterocycles. The quantitative estimate of drug-likeness (QED) is 0.174. The second-order valence-electron chi connectivity index (χ2n) is 10.2. The summed E-state index contributed by atoms with van der Waals surface area (Å²) in [5.41, 5.74) is 0.995. The number of carbonyl (C=O) groups is 1. The first kappa shape index (κ1) is 32.2. The molecule has 0 spiro atoms. The fourth-order valence-electron chi connectivity index (χ4n) is 3.82. The van der Waals surface area contributed by atoms with E-state index in [2.05, 4.69) is 12.1 Å². The largest absolute Gasteiger partial charge is 0.497 e. The fourth-order valence-corrected chi connectivity index (χ4v) is 6.78. The van der Waals surface area contributed by atoms with E-state index in [9.17, 15) is 21.6 Å². The molecule has 0 bridgehead atoms. The lowest BCUT2D eigenvalue weighted by Gasteiger charge is -2.22. The van der Waals surface area contributed by atoms with Gasteiger partial charge in [-0.3, -0.25) is 4.79 Å². The van der Waals surface area contributed by atoms with Gasteiger partial charge in [0.05, 0.1) is 31.6 Å². The first-order valence-electron chi connectivity index (χ1n) is 12.6. The second kappa shape index (κ2) is 13.8. The van der Waals surface area contributed by atoms with E-state index in [4.69, 9.17) is 14.2 Å². The maximum atomic E-state index is 12.3. The van der Waals surface area contributed by atoms with Gasteiger partial charge in [0, 0.05) is 6.42 Å². The number of hydrogen-bond acceptors (Lipinski definition) is 8. The molecule has 11 heteroatoms. The second-order valence-corrected chi connectivity index (χ2v) is 14.1. The molecule has 0 saturated heterocycles. The predicted molar refractivity (Wildman–Crippen MR) is 153 cm³/mol. The third kappa shape index (κ3) is 11.3. The number of ether oxygens (including phenoxy) is 3. The highest BCUT2D eigenvalue weighted by Crippen LogP contribution is 2.30. The molecular formula is C28H39NO8S2. The van der Waals surface area contributed by atoms with E-state index in [0.717, 1.165) is 43.9 Å². The molecule has 2 aromatic carbocycles. The lowest BCUT2D eigenvalue weighted by molar-refractivity contribution is -0.154. The molecule has 0 aliphatic heterocycles. The molecule has 39 heavy (non-hydrogen) atoms. The molecule has 0 atom stereocenters. The highest BCUT2D eigenvalue weighted by Gasteiger charge is 2.28. The average molecular weight is 582 g/mol. The van der Waals surface area contributed by atoms with Crippen molar-refractivity contribution >= 4 is 31.7 Å². The van der Waals surface area contributed by atoms with Crippen LogP contribution in [0.5, 0.6) is 11.5 Å². The summed E-state index contributed by atoms with van der Waals surface area (Å²) in [7, 11) is -6.60. The molecule has 2 aromatic rings. The summed E-state index contributed by atoms with van der Waals surface area (Å²) in [6.45, 7) is 5.29. The number of anilines is 1. The fraction of sp³-hybridized carbons (Fsp3) is 0.464. The van der Waals surface area contributed by atoms with E-state index in [1.54, 1.807) is 34.1 Å². The van der Waals surface area contributed by atoms with Crippen LogP contribution in [0.25, 0.3) is 0 Å². The Labute approximate surface area is 232 Å². The van der Waals surface area contributed by atoms with Crippen molar-refractivity contribution in [2.45, 2.75) is 64.9 Å². The van der Waals surface area contributed by atoms with Crippen molar-refractivity contribution in [2.75, 3.05) is 23.3 Å². The van der Waals surface area contributed by atoms with Gasteiger partial charge in [-0.15, -0.1) is 0 Å². The summed E-state index contributed by atoms with van der Waals surface area (Å²) < 4.78 is 65.7. The highest BCUT2D eigenvalue weighted by molar-refractivity contribution is 8.09. The van der Waals surface area contributed by atoms with Gasteiger partial charge in [-0.2, -0.15) is 3.71 Å². The Morgan fingerprint density at radius 1 is 0.923 bits per heavy atom. The number of unbranched alkanes of at least 4 members (excludes halogenated alkanes) is 2. The summed E-state index contributed by atoms with van der Waals surface area (Å²) in [5.74, 6) is 0.783. The monoisotopic (exact) mass is 581 g/mol. The van der Waals surface area contributed by atoms with Crippen molar-refractivity contribution in [1.82, 2.24) is 0 Å². The van der Waals surface area contributed by atoms with Crippen LogP contribution in [0.3, 0.4) is 0 Å². The van der Waals surface area contributed by atoms with E-state index in [1.165, 1.54) is 23.8 Å². The smallest absolute Gasteiger partial charge is 0.306 e. The Balaban J connectivity index is 2.10. The molecule has 0 heterocycles. The van der Waals surface area contributed by atoms with Crippen LogP contribution in [0.15, 0.2) is 54.8 Å². The van der Waals surface area contributed by atoms with Gasteiger partial charge in [-0.1, -0.05) is 12.1 Å². The maximum Gasteiger partial charge on any atom is 0.306 e. The third-order valence-corrected chi connectivity index (χ3v) is 8.66. The molecule has 0 amide bonds. The normalized spacial score (nSPS) is 12.4. The van der Waals surface area contributed by atoms with E-state index < -0.39 is 31.6 Å². The minimum atomic E-state index is -4.12. The highest BCUT2D eigenvalue weighted by atomic mass is 32.3. The lowest BCUT2D eigenvalue weighted by atomic mass is 10.1. The Kier molecular flexibility index (Phi) is 11.4. The van der Waals surface area contributed by atoms with Crippen molar-refractivity contribution in [3.8, 4) is 11.5 Å². The average Bonchev–Trinajstić information content (AvgIpc) is 2.80. The van der Waals surface area contributed by atoms with Crippen LogP contribution >= 0.6 is 0 Å². The summed E-state index contributed by atoms with van der Waals surface area (Å²) >= 11 is 0. The van der Waals surface area contributed by atoms with Gasteiger partial charge in [0.2, 0.25) is 20.0 Å². The lowest BCUT2D eigenvalue weighted by Crippen LogP contribution is -2.35. The Hall–Kier alpha value is -3.05. The summed E-state index contributed by atoms with van der Waals surface area (Å²) in [6.07, 6.45) is 8.92. The van der Waals surface area contributed by atoms with Crippen molar-refractivity contribution < 1.29 is 35.8 Å².